The molecule has 21 heavy (non-hydrogen) atoms. The van der Waals surface area contributed by atoms with Crippen LogP contribution in [-0.4, -0.2) is 44.4 Å². The molecule has 4 N–H and O–H groups in total. The van der Waals surface area contributed by atoms with Gasteiger partial charge in [-0.05, 0) is 12.1 Å². The van der Waals surface area contributed by atoms with E-state index >= 15 is 0 Å². The number of anilines is 1. The highest BCUT2D eigenvalue weighted by Crippen LogP contribution is 2.27. The fourth-order valence-electron chi connectivity index (χ4n) is 2.04. The highest BCUT2D eigenvalue weighted by atomic mass is 32.2. The average molecular weight is 321 g/mol. The summed E-state index contributed by atoms with van der Waals surface area (Å²) in [6.07, 6.45) is 0. The molecule has 0 spiro atoms. The fraction of sp³-hybridized carbons (Fsp3) is 0.364. The van der Waals surface area contributed by atoms with Crippen LogP contribution in [0.15, 0.2) is 17.0 Å². The molecule has 1 aromatic rings. The Morgan fingerprint density at radius 1 is 1.33 bits per heavy atom. The topological polar surface area (TPSA) is 116 Å². The summed E-state index contributed by atoms with van der Waals surface area (Å²) in [4.78, 5) is 10.1. The average Bonchev–Trinajstić information content (AvgIpc) is 2.37. The van der Waals surface area contributed by atoms with Gasteiger partial charge in [-0.1, -0.05) is 0 Å². The van der Waals surface area contributed by atoms with Crippen molar-refractivity contribution in [2.45, 2.75) is 10.9 Å². The first kappa shape index (κ1) is 15.6. The van der Waals surface area contributed by atoms with Crippen LogP contribution >= 0.6 is 0 Å². The lowest BCUT2D eigenvalue weighted by molar-refractivity contribution is -0.125. The lowest BCUT2D eigenvalue weighted by atomic mass is 10.3. The van der Waals surface area contributed by atoms with Crippen LogP contribution in [0.1, 0.15) is 0 Å². The van der Waals surface area contributed by atoms with Gasteiger partial charge in [0.25, 0.3) is 0 Å². The van der Waals surface area contributed by atoms with Crippen LogP contribution in [-0.2, 0) is 19.6 Å². The number of hydrogen-bond donors (Lipinski definition) is 2. The van der Waals surface area contributed by atoms with Gasteiger partial charge in [-0.25, -0.2) is 17.2 Å². The number of carbonyl (C=O) groups excluding carboxylic acids is 1. The summed E-state index contributed by atoms with van der Waals surface area (Å²) < 4.78 is 58.0. The maximum atomic E-state index is 13.8. The van der Waals surface area contributed by atoms with Crippen molar-refractivity contribution in [3.8, 4) is 0 Å². The van der Waals surface area contributed by atoms with Crippen molar-refractivity contribution in [2.24, 2.45) is 5.73 Å². The molecule has 7 nitrogen and oxygen atoms in total. The van der Waals surface area contributed by atoms with Crippen molar-refractivity contribution in [1.82, 2.24) is 4.31 Å². The molecule has 0 saturated carbocycles. The first-order valence-corrected chi connectivity index (χ1v) is 7.32. The summed E-state index contributed by atoms with van der Waals surface area (Å²) in [5.74, 6) is -3.63. The van der Waals surface area contributed by atoms with E-state index in [1.807, 2.05) is 0 Å². The van der Waals surface area contributed by atoms with Crippen molar-refractivity contribution in [3.05, 3.63) is 23.8 Å². The quantitative estimate of drug-likeness (QED) is 0.723. The molecule has 1 saturated heterocycles. The van der Waals surface area contributed by atoms with Crippen molar-refractivity contribution >= 4 is 21.6 Å². The van der Waals surface area contributed by atoms with E-state index in [9.17, 15) is 22.0 Å². The van der Waals surface area contributed by atoms with Gasteiger partial charge in [-0.3, -0.25) is 4.79 Å². The Bertz CT molecular complexity index is 657. The minimum absolute atomic E-state index is 0.0127. The zero-order chi connectivity index (χ0) is 15.8. The second-order valence-electron chi connectivity index (χ2n) is 4.42. The number of amides is 1. The number of ether oxygens (including phenoxy) is 1. The summed E-state index contributed by atoms with van der Waals surface area (Å²) >= 11 is 0. The first-order chi connectivity index (χ1) is 9.75. The van der Waals surface area contributed by atoms with E-state index in [0.717, 1.165) is 0 Å². The Balaban J connectivity index is 2.53. The van der Waals surface area contributed by atoms with E-state index in [0.29, 0.717) is 16.4 Å². The van der Waals surface area contributed by atoms with Crippen LogP contribution in [0.5, 0.6) is 0 Å². The number of carbonyl (C=O) groups is 1. The van der Waals surface area contributed by atoms with E-state index in [2.05, 4.69) is 0 Å². The molecule has 1 aromatic carbocycles. The molecule has 1 amide bonds. The molecular formula is C11H13F2N3O4S. The van der Waals surface area contributed by atoms with Gasteiger partial charge in [0.05, 0.1) is 13.2 Å². The predicted octanol–water partition coefficient (Wildman–Crippen LogP) is -0.578. The number of benzene rings is 1. The molecule has 1 heterocycles. The zero-order valence-electron chi connectivity index (χ0n) is 10.8. The Hall–Kier alpha value is -1.78. The second kappa shape index (κ2) is 5.54. The van der Waals surface area contributed by atoms with E-state index in [1.165, 1.54) is 0 Å². The zero-order valence-corrected chi connectivity index (χ0v) is 11.6. The molecule has 0 aromatic heterocycles. The number of rotatable bonds is 3. The van der Waals surface area contributed by atoms with Crippen LogP contribution < -0.4 is 11.5 Å². The summed E-state index contributed by atoms with van der Waals surface area (Å²) in [6, 6.07) is 0.0610. The third-order valence-corrected chi connectivity index (χ3v) is 4.96. The van der Waals surface area contributed by atoms with Crippen molar-refractivity contribution in [2.75, 3.05) is 25.5 Å². The summed E-state index contributed by atoms with van der Waals surface area (Å²) in [5, 5.41) is 0. The molecule has 116 valence electrons. The molecular weight excluding hydrogens is 308 g/mol. The minimum Gasteiger partial charge on any atom is -0.399 e. The smallest absolute Gasteiger partial charge is 0.249 e. The van der Waals surface area contributed by atoms with Crippen LogP contribution in [0.3, 0.4) is 0 Å². The highest BCUT2D eigenvalue weighted by molar-refractivity contribution is 7.89. The standard InChI is InChI=1S/C11H13F2N3O4S/c12-7-3-6(14)4-8(13)10(7)21(18,19)16-1-2-20-5-9(16)11(15)17/h3-4,9H,1-2,5,14H2,(H2,15,17). The molecule has 0 bridgehead atoms. The maximum Gasteiger partial charge on any atom is 0.249 e. The Morgan fingerprint density at radius 3 is 2.43 bits per heavy atom. The van der Waals surface area contributed by atoms with Crippen LogP contribution in [0.2, 0.25) is 0 Å². The fourth-order valence-corrected chi connectivity index (χ4v) is 3.70. The molecule has 1 aliphatic rings. The van der Waals surface area contributed by atoms with Gasteiger partial charge in [-0.15, -0.1) is 0 Å². The SMILES string of the molecule is NC(=O)C1COCCN1S(=O)(=O)c1c(F)cc(N)cc1F. The molecule has 2 rings (SSSR count). The van der Waals surface area contributed by atoms with E-state index in [-0.39, 0.29) is 25.4 Å². The minimum atomic E-state index is -4.59. The lowest BCUT2D eigenvalue weighted by Gasteiger charge is -2.32. The molecule has 0 aliphatic carbocycles. The van der Waals surface area contributed by atoms with Gasteiger partial charge in [0.1, 0.15) is 17.7 Å². The number of halogens is 2. The molecule has 0 radical (unpaired) electrons. The third-order valence-electron chi connectivity index (χ3n) is 3.00. The highest BCUT2D eigenvalue weighted by Gasteiger charge is 2.40. The van der Waals surface area contributed by atoms with Crippen LogP contribution in [0, 0.1) is 11.6 Å². The maximum absolute atomic E-state index is 13.8. The van der Waals surface area contributed by atoms with Gasteiger partial charge >= 0.3 is 0 Å². The van der Waals surface area contributed by atoms with E-state index in [1.54, 1.807) is 0 Å². The van der Waals surface area contributed by atoms with Gasteiger partial charge < -0.3 is 16.2 Å². The van der Waals surface area contributed by atoms with E-state index < -0.39 is 38.5 Å². The predicted molar refractivity (Wildman–Crippen MR) is 68.5 cm³/mol. The normalized spacial score (nSPS) is 20.4. The number of nitrogens with two attached hydrogens (primary N) is 2. The second-order valence-corrected chi connectivity index (χ2v) is 6.25. The molecule has 1 unspecified atom stereocenters. The monoisotopic (exact) mass is 321 g/mol. The van der Waals surface area contributed by atoms with Crippen molar-refractivity contribution in [1.29, 1.82) is 0 Å². The summed E-state index contributed by atoms with van der Waals surface area (Å²) in [7, 11) is -4.59. The number of nitrogen functional groups attached to an aromatic ring is 1. The van der Waals surface area contributed by atoms with Gasteiger partial charge in [0, 0.05) is 12.2 Å². The van der Waals surface area contributed by atoms with Gasteiger partial charge in [-0.2, -0.15) is 4.31 Å². The summed E-state index contributed by atoms with van der Waals surface area (Å²) in [6.45, 7) is -0.521. The number of nitrogens with zero attached hydrogens (tertiary/aromatic N) is 1. The number of sulfonamides is 1. The number of primary amides is 1. The van der Waals surface area contributed by atoms with Crippen LogP contribution in [0.4, 0.5) is 14.5 Å². The molecule has 1 aliphatic heterocycles. The number of morpholine rings is 1. The molecule has 10 heteroatoms. The third kappa shape index (κ3) is 2.82. The molecule has 1 fully saturated rings. The Kier molecular flexibility index (Phi) is 4.12. The van der Waals surface area contributed by atoms with E-state index in [4.69, 9.17) is 16.2 Å². The van der Waals surface area contributed by atoms with Crippen LogP contribution in [0.25, 0.3) is 0 Å². The molecule has 1 atom stereocenters. The number of hydrogen-bond acceptors (Lipinski definition) is 5. The van der Waals surface area contributed by atoms with Crippen molar-refractivity contribution in [3.63, 3.8) is 0 Å². The van der Waals surface area contributed by atoms with Gasteiger partial charge in [0.15, 0.2) is 4.90 Å². The lowest BCUT2D eigenvalue weighted by Crippen LogP contribution is -2.54. The Labute approximate surface area is 119 Å². The largest absolute Gasteiger partial charge is 0.399 e. The van der Waals surface area contributed by atoms with Gasteiger partial charge in [0.2, 0.25) is 15.9 Å². The Morgan fingerprint density at radius 2 is 1.90 bits per heavy atom. The first-order valence-electron chi connectivity index (χ1n) is 5.88. The van der Waals surface area contributed by atoms with Crippen molar-refractivity contribution < 1.29 is 26.7 Å². The summed E-state index contributed by atoms with van der Waals surface area (Å²) in [5.41, 5.74) is 10.1.